The average molecular weight is 437 g/mol. The molecule has 1 aliphatic heterocycles. The van der Waals surface area contributed by atoms with Gasteiger partial charge >= 0.3 is 0 Å². The molecule has 4 heterocycles. The highest BCUT2D eigenvalue weighted by molar-refractivity contribution is 8.04. The Hall–Kier alpha value is -2.84. The number of ether oxygens (including phenoxy) is 1. The first-order valence-electron chi connectivity index (χ1n) is 9.59. The van der Waals surface area contributed by atoms with E-state index in [1.165, 1.54) is 0 Å². The van der Waals surface area contributed by atoms with Crippen LogP contribution in [0.3, 0.4) is 0 Å². The Morgan fingerprint density at radius 3 is 2.93 bits per heavy atom. The summed E-state index contributed by atoms with van der Waals surface area (Å²) in [4.78, 5) is 23.3. The van der Waals surface area contributed by atoms with Crippen LogP contribution in [0.25, 0.3) is 20.9 Å². The van der Waals surface area contributed by atoms with Crippen molar-refractivity contribution >= 4 is 39.2 Å². The normalized spacial score (nSPS) is 20.4. The molecular weight excluding hydrogens is 416 g/mol. The van der Waals surface area contributed by atoms with Crippen LogP contribution in [0.2, 0.25) is 0 Å². The largest absolute Gasteiger partial charge is 0.456 e. The minimum absolute atomic E-state index is 0.00818. The van der Waals surface area contributed by atoms with Gasteiger partial charge in [-0.2, -0.15) is 0 Å². The number of carbonyl (C=O) groups is 1. The number of allylic oxidation sites excluding steroid dienone is 3. The first-order valence-corrected chi connectivity index (χ1v) is 11.3. The molecule has 5 rings (SSSR count). The fourth-order valence-electron chi connectivity index (χ4n) is 3.85. The molecule has 1 aliphatic carbocycles. The number of thiophene rings is 1. The molecule has 1 unspecified atom stereocenters. The first kappa shape index (κ1) is 19.1. The summed E-state index contributed by atoms with van der Waals surface area (Å²) in [5.41, 5.74) is 1.74. The molecule has 0 bridgehead atoms. The number of nitrogens with zero attached hydrogens (tertiary/aromatic N) is 3. The third kappa shape index (κ3) is 3.16. The van der Waals surface area contributed by atoms with Crippen molar-refractivity contribution in [2.24, 2.45) is 13.0 Å². The summed E-state index contributed by atoms with van der Waals surface area (Å²) >= 11 is 3.34. The molecule has 0 saturated carbocycles. The third-order valence-electron chi connectivity index (χ3n) is 5.29. The Morgan fingerprint density at radius 2 is 2.17 bits per heavy atom. The van der Waals surface area contributed by atoms with E-state index in [0.717, 1.165) is 42.9 Å². The summed E-state index contributed by atoms with van der Waals surface area (Å²) in [6, 6.07) is 3.94. The Bertz CT molecular complexity index is 1250. The number of thioether (sulfide) groups is 1. The molecule has 0 radical (unpaired) electrons. The smallest absolute Gasteiger partial charge is 0.248 e. The number of aromatic nitrogens is 3. The number of amides is 1. The second-order valence-electron chi connectivity index (χ2n) is 7.18. The molecule has 0 fully saturated rings. The van der Waals surface area contributed by atoms with Crippen molar-refractivity contribution in [2.75, 3.05) is 7.05 Å². The molecule has 1 amide bonds. The van der Waals surface area contributed by atoms with E-state index in [1.807, 2.05) is 42.9 Å². The van der Waals surface area contributed by atoms with E-state index in [4.69, 9.17) is 4.74 Å². The molecule has 152 valence electrons. The molecule has 0 aromatic carbocycles. The molecule has 3 aromatic heterocycles. The highest BCUT2D eigenvalue weighted by atomic mass is 32.2. The maximum atomic E-state index is 12.2. The molecule has 3 aromatic rings. The minimum Gasteiger partial charge on any atom is -0.456 e. The number of fused-ring (bicyclic) bond motifs is 2. The van der Waals surface area contributed by atoms with Crippen LogP contribution in [0.4, 0.5) is 0 Å². The Kier molecular flexibility index (Phi) is 4.75. The van der Waals surface area contributed by atoms with Crippen molar-refractivity contribution in [3.8, 4) is 16.5 Å². The van der Waals surface area contributed by atoms with Crippen molar-refractivity contribution in [1.82, 2.24) is 19.9 Å². The van der Waals surface area contributed by atoms with Crippen molar-refractivity contribution in [2.45, 2.75) is 12.2 Å². The maximum absolute atomic E-state index is 12.2. The van der Waals surface area contributed by atoms with E-state index in [2.05, 4.69) is 27.4 Å². The third-order valence-corrected chi connectivity index (χ3v) is 7.70. The van der Waals surface area contributed by atoms with Gasteiger partial charge in [0.25, 0.3) is 0 Å². The lowest BCUT2D eigenvalue weighted by Gasteiger charge is -2.20. The lowest BCUT2D eigenvalue weighted by molar-refractivity contribution is -0.117. The number of rotatable bonds is 4. The van der Waals surface area contributed by atoms with Crippen LogP contribution in [-0.4, -0.2) is 32.7 Å². The molecule has 8 heteroatoms. The Morgan fingerprint density at radius 1 is 1.30 bits per heavy atom. The summed E-state index contributed by atoms with van der Waals surface area (Å²) < 4.78 is 9.27. The number of imidazole rings is 1. The number of hydrogen-bond acceptors (Lipinski definition) is 6. The van der Waals surface area contributed by atoms with Gasteiger partial charge in [-0.15, -0.1) is 23.1 Å². The topological polar surface area (TPSA) is 69.0 Å². The minimum atomic E-state index is -0.00818. The van der Waals surface area contributed by atoms with Gasteiger partial charge in [0.05, 0.1) is 15.1 Å². The number of aryl methyl sites for hydroxylation is 1. The van der Waals surface area contributed by atoms with E-state index in [0.29, 0.717) is 0 Å². The predicted molar refractivity (Wildman–Crippen MR) is 121 cm³/mol. The zero-order valence-corrected chi connectivity index (χ0v) is 18.4. The van der Waals surface area contributed by atoms with Crippen molar-refractivity contribution in [3.05, 3.63) is 65.2 Å². The Labute approximate surface area is 182 Å². The van der Waals surface area contributed by atoms with Gasteiger partial charge in [0, 0.05) is 55.5 Å². The van der Waals surface area contributed by atoms with Gasteiger partial charge < -0.3 is 14.6 Å². The second-order valence-corrected chi connectivity index (χ2v) is 9.63. The molecule has 0 spiro atoms. The number of pyridine rings is 1. The van der Waals surface area contributed by atoms with Gasteiger partial charge in [0.2, 0.25) is 5.91 Å². The van der Waals surface area contributed by atoms with Gasteiger partial charge in [-0.3, -0.25) is 9.78 Å². The monoisotopic (exact) mass is 436 g/mol. The fraction of sp³-hybridized carbons (Fsp3) is 0.227. The number of nitrogens with one attached hydrogen (secondary N) is 1. The standard InChI is InChI=1S/C22H20N4O2S2/c1-12-19(22(27)23-2)14-5-4-13(10-17(14)29-12)28-16-6-7-24-15-11-18(30-20(15)16)21-25-8-9-26(21)3/h4-11,14,17H,1-3H3,(H,23,27)/t14-,17?/m1/s1. The molecule has 1 N–H and O–H groups in total. The fourth-order valence-corrected chi connectivity index (χ4v) is 6.29. The van der Waals surface area contributed by atoms with Gasteiger partial charge in [0.15, 0.2) is 0 Å². The summed E-state index contributed by atoms with van der Waals surface area (Å²) in [5.74, 6) is 2.55. The van der Waals surface area contributed by atoms with Crippen LogP contribution in [-0.2, 0) is 11.8 Å². The van der Waals surface area contributed by atoms with Crippen molar-refractivity contribution in [1.29, 1.82) is 0 Å². The van der Waals surface area contributed by atoms with E-state index >= 15 is 0 Å². The van der Waals surface area contributed by atoms with Crippen LogP contribution >= 0.6 is 23.1 Å². The summed E-state index contributed by atoms with van der Waals surface area (Å²) in [5, 5.41) is 2.92. The predicted octanol–water partition coefficient (Wildman–Crippen LogP) is 4.28. The van der Waals surface area contributed by atoms with Crippen LogP contribution in [0.5, 0.6) is 5.75 Å². The molecule has 30 heavy (non-hydrogen) atoms. The molecule has 2 aliphatic rings. The summed E-state index contributed by atoms with van der Waals surface area (Å²) in [6.07, 6.45) is 11.6. The number of carbonyl (C=O) groups excluding carboxylic acids is 1. The van der Waals surface area contributed by atoms with Crippen LogP contribution in [0, 0.1) is 5.92 Å². The lowest BCUT2D eigenvalue weighted by atomic mass is 9.91. The van der Waals surface area contributed by atoms with Crippen molar-refractivity contribution < 1.29 is 9.53 Å². The van der Waals surface area contributed by atoms with Crippen LogP contribution in [0.1, 0.15) is 6.92 Å². The molecular formula is C22H20N4O2S2. The zero-order valence-electron chi connectivity index (χ0n) is 16.7. The number of likely N-dealkylation sites (N-methyl/N-ethyl adjacent to an activating group) is 1. The van der Waals surface area contributed by atoms with Gasteiger partial charge in [0.1, 0.15) is 17.3 Å². The Balaban J connectivity index is 1.43. The highest BCUT2D eigenvalue weighted by Gasteiger charge is 2.36. The molecule has 2 atom stereocenters. The summed E-state index contributed by atoms with van der Waals surface area (Å²) in [6.45, 7) is 2.01. The SMILES string of the molecule is CNC(=O)C1=C(C)SC2C=C(Oc3ccnc4cc(-c5nccn5C)sc34)C=C[C@@H]12. The van der Waals surface area contributed by atoms with Gasteiger partial charge in [-0.25, -0.2) is 4.98 Å². The summed E-state index contributed by atoms with van der Waals surface area (Å²) in [7, 11) is 3.65. The highest BCUT2D eigenvalue weighted by Crippen LogP contribution is 2.46. The van der Waals surface area contributed by atoms with Gasteiger partial charge in [-0.05, 0) is 30.0 Å². The van der Waals surface area contributed by atoms with Crippen LogP contribution < -0.4 is 10.1 Å². The zero-order chi connectivity index (χ0) is 20.8. The maximum Gasteiger partial charge on any atom is 0.248 e. The quantitative estimate of drug-likeness (QED) is 0.661. The van der Waals surface area contributed by atoms with Crippen molar-refractivity contribution in [3.63, 3.8) is 0 Å². The second kappa shape index (κ2) is 7.45. The van der Waals surface area contributed by atoms with E-state index < -0.39 is 0 Å². The van der Waals surface area contributed by atoms with Crippen LogP contribution in [0.15, 0.2) is 65.2 Å². The first-order chi connectivity index (χ1) is 14.5. The van der Waals surface area contributed by atoms with E-state index in [9.17, 15) is 4.79 Å². The molecule has 0 saturated heterocycles. The molecule has 6 nitrogen and oxygen atoms in total. The van der Waals surface area contributed by atoms with Gasteiger partial charge in [-0.1, -0.05) is 6.08 Å². The number of hydrogen-bond donors (Lipinski definition) is 1. The van der Waals surface area contributed by atoms with E-state index in [1.54, 1.807) is 42.5 Å². The lowest BCUT2D eigenvalue weighted by Crippen LogP contribution is -2.26. The average Bonchev–Trinajstić information content (AvgIpc) is 3.43. The van der Waals surface area contributed by atoms with E-state index in [-0.39, 0.29) is 17.1 Å².